The molecule has 0 saturated heterocycles. The molecule has 1 saturated carbocycles. The van der Waals surface area contributed by atoms with Gasteiger partial charge >= 0.3 is 6.61 Å². The number of aromatic nitrogens is 4. The van der Waals surface area contributed by atoms with Crippen LogP contribution in [0.15, 0.2) is 36.7 Å². The number of nitrogens with one attached hydrogen (secondary N) is 1. The number of amides is 1. The van der Waals surface area contributed by atoms with Crippen LogP contribution in [-0.2, 0) is 7.05 Å². The van der Waals surface area contributed by atoms with Crippen LogP contribution < -0.4 is 14.8 Å². The van der Waals surface area contributed by atoms with Gasteiger partial charge in [-0.15, -0.1) is 0 Å². The monoisotopic (exact) mass is 538 g/mol. The summed E-state index contributed by atoms with van der Waals surface area (Å²) in [5.74, 6) is -1.29. The van der Waals surface area contributed by atoms with Gasteiger partial charge in [-0.25, -0.2) is 4.39 Å². The molecule has 0 radical (unpaired) electrons. The van der Waals surface area contributed by atoms with Crippen LogP contribution in [0.5, 0.6) is 11.5 Å². The molecule has 2 atom stereocenters. The summed E-state index contributed by atoms with van der Waals surface area (Å²) >= 11 is 0. The van der Waals surface area contributed by atoms with Crippen molar-refractivity contribution in [1.82, 2.24) is 24.9 Å². The number of methoxy groups -OCH3 is 1. The van der Waals surface area contributed by atoms with E-state index in [4.69, 9.17) is 9.47 Å². The third-order valence-corrected chi connectivity index (χ3v) is 6.55. The first kappa shape index (κ1) is 26.1. The van der Waals surface area contributed by atoms with E-state index >= 15 is 0 Å². The van der Waals surface area contributed by atoms with E-state index < -0.39 is 30.5 Å². The largest absolute Gasteiger partial charge is 0.496 e. The molecule has 0 bridgehead atoms. The smallest absolute Gasteiger partial charge is 0.387 e. The zero-order valence-electron chi connectivity index (χ0n) is 21.6. The van der Waals surface area contributed by atoms with E-state index in [2.05, 4.69) is 21.6 Å². The van der Waals surface area contributed by atoms with Crippen molar-refractivity contribution < 1.29 is 27.4 Å². The van der Waals surface area contributed by atoms with Crippen LogP contribution in [0.2, 0.25) is 0 Å². The Morgan fingerprint density at radius 2 is 1.90 bits per heavy atom. The molecule has 1 N–H and O–H groups in total. The SMILES string of the molecule is COc1cc(-c2c3c(C#N)cc(-c4cnn(C(C)C)c4)cc3nn2C)cc(OC(F)F)c1C(=O)N[C@@H]1C[C@@H]1F. The highest BCUT2D eigenvalue weighted by atomic mass is 19.3. The number of halogens is 3. The number of nitriles is 1. The predicted molar refractivity (Wildman–Crippen MR) is 136 cm³/mol. The fourth-order valence-corrected chi connectivity index (χ4v) is 4.54. The van der Waals surface area contributed by atoms with Crippen molar-refractivity contribution in [2.24, 2.45) is 7.05 Å². The number of carbonyl (C=O) groups is 1. The van der Waals surface area contributed by atoms with Crippen molar-refractivity contribution in [3.8, 4) is 40.0 Å². The van der Waals surface area contributed by atoms with Gasteiger partial charge < -0.3 is 14.8 Å². The third kappa shape index (κ3) is 4.87. The van der Waals surface area contributed by atoms with E-state index in [0.717, 1.165) is 11.1 Å². The number of fused-ring (bicyclic) bond motifs is 1. The topological polar surface area (TPSA) is 107 Å². The molecule has 1 aliphatic rings. The van der Waals surface area contributed by atoms with E-state index in [1.165, 1.54) is 23.9 Å². The number of hydrogen-bond acceptors (Lipinski definition) is 6. The summed E-state index contributed by atoms with van der Waals surface area (Å²) in [4.78, 5) is 12.9. The summed E-state index contributed by atoms with van der Waals surface area (Å²) in [5.41, 5.74) is 2.84. The first-order valence-electron chi connectivity index (χ1n) is 12.2. The van der Waals surface area contributed by atoms with E-state index in [9.17, 15) is 23.2 Å². The average Bonchev–Trinajstić information content (AvgIpc) is 3.26. The minimum Gasteiger partial charge on any atom is -0.496 e. The highest BCUT2D eigenvalue weighted by Gasteiger charge is 2.40. The molecule has 4 aromatic rings. The molecule has 202 valence electrons. The van der Waals surface area contributed by atoms with Crippen molar-refractivity contribution in [2.75, 3.05) is 7.11 Å². The lowest BCUT2D eigenvalue weighted by molar-refractivity contribution is -0.0502. The minimum atomic E-state index is -3.24. The fraction of sp³-hybridized carbons (Fsp3) is 0.333. The number of ether oxygens (including phenoxy) is 2. The molecular formula is C27H25F3N6O3. The summed E-state index contributed by atoms with van der Waals surface area (Å²) in [6.45, 7) is 0.772. The van der Waals surface area contributed by atoms with Gasteiger partial charge in [-0.05, 0) is 43.7 Å². The van der Waals surface area contributed by atoms with Crippen molar-refractivity contribution >= 4 is 16.8 Å². The highest BCUT2D eigenvalue weighted by Crippen LogP contribution is 2.40. The molecule has 2 aromatic carbocycles. The Kier molecular flexibility index (Phi) is 6.68. The van der Waals surface area contributed by atoms with E-state index in [0.29, 0.717) is 27.7 Å². The molecular weight excluding hydrogens is 513 g/mol. The number of nitrogens with zero attached hydrogens (tertiary/aromatic N) is 5. The molecule has 5 rings (SSSR count). The fourth-order valence-electron chi connectivity index (χ4n) is 4.54. The lowest BCUT2D eigenvalue weighted by Gasteiger charge is -2.17. The molecule has 0 aliphatic heterocycles. The van der Waals surface area contributed by atoms with E-state index in [1.807, 2.05) is 26.1 Å². The summed E-state index contributed by atoms with van der Waals surface area (Å²) in [6.07, 6.45) is 2.55. The van der Waals surface area contributed by atoms with Gasteiger partial charge in [0, 0.05) is 42.2 Å². The second-order valence-corrected chi connectivity index (χ2v) is 9.57. The maximum absolute atomic E-state index is 13.4. The van der Waals surface area contributed by atoms with Crippen molar-refractivity contribution in [2.45, 2.75) is 45.1 Å². The lowest BCUT2D eigenvalue weighted by Crippen LogP contribution is -2.28. The Bertz CT molecular complexity index is 1620. The average molecular weight is 539 g/mol. The molecule has 39 heavy (non-hydrogen) atoms. The Labute approximate surface area is 221 Å². The zero-order chi connectivity index (χ0) is 28.0. The van der Waals surface area contributed by atoms with Gasteiger partial charge in [-0.1, -0.05) is 0 Å². The molecule has 12 heteroatoms. The van der Waals surface area contributed by atoms with Crippen molar-refractivity contribution in [1.29, 1.82) is 5.26 Å². The van der Waals surface area contributed by atoms with Crippen LogP contribution in [0.25, 0.3) is 33.3 Å². The van der Waals surface area contributed by atoms with Gasteiger partial charge in [0.2, 0.25) is 0 Å². The number of alkyl halides is 3. The number of benzene rings is 2. The van der Waals surface area contributed by atoms with Crippen LogP contribution in [0.4, 0.5) is 13.2 Å². The van der Waals surface area contributed by atoms with E-state index in [1.54, 1.807) is 24.0 Å². The van der Waals surface area contributed by atoms with Gasteiger partial charge in [-0.3, -0.25) is 14.2 Å². The summed E-state index contributed by atoms with van der Waals surface area (Å²) < 4.78 is 53.6. The Balaban J connectivity index is 1.66. The van der Waals surface area contributed by atoms with Gasteiger partial charge in [-0.2, -0.15) is 24.2 Å². The van der Waals surface area contributed by atoms with Crippen LogP contribution in [0.3, 0.4) is 0 Å². The van der Waals surface area contributed by atoms with E-state index in [-0.39, 0.29) is 23.8 Å². The summed E-state index contributed by atoms with van der Waals surface area (Å²) in [7, 11) is 2.94. The first-order chi connectivity index (χ1) is 18.6. The number of carbonyl (C=O) groups excluding carboxylic acids is 1. The molecule has 1 fully saturated rings. The third-order valence-electron chi connectivity index (χ3n) is 6.55. The second kappa shape index (κ2) is 9.98. The van der Waals surface area contributed by atoms with Crippen LogP contribution in [0, 0.1) is 11.3 Å². The van der Waals surface area contributed by atoms with Crippen LogP contribution in [0.1, 0.15) is 42.2 Å². The highest BCUT2D eigenvalue weighted by molar-refractivity contribution is 6.03. The molecule has 2 heterocycles. The molecule has 0 spiro atoms. The second-order valence-electron chi connectivity index (χ2n) is 9.57. The molecule has 9 nitrogen and oxygen atoms in total. The molecule has 1 aliphatic carbocycles. The minimum absolute atomic E-state index is 0.0534. The zero-order valence-corrected chi connectivity index (χ0v) is 21.6. The lowest BCUT2D eigenvalue weighted by atomic mass is 9.97. The first-order valence-corrected chi connectivity index (χ1v) is 12.2. The Hall–Kier alpha value is -4.53. The number of aryl methyl sites for hydroxylation is 1. The normalized spacial score (nSPS) is 16.5. The number of hydrogen-bond donors (Lipinski definition) is 1. The predicted octanol–water partition coefficient (Wildman–Crippen LogP) is 5.01. The Morgan fingerprint density at radius 3 is 2.49 bits per heavy atom. The summed E-state index contributed by atoms with van der Waals surface area (Å²) in [5, 5.41) is 21.9. The summed E-state index contributed by atoms with van der Waals surface area (Å²) in [6, 6.07) is 7.95. The molecule has 0 unspecified atom stereocenters. The number of rotatable bonds is 8. The Morgan fingerprint density at radius 1 is 1.18 bits per heavy atom. The quantitative estimate of drug-likeness (QED) is 0.338. The van der Waals surface area contributed by atoms with Crippen molar-refractivity contribution in [3.63, 3.8) is 0 Å². The molecule has 2 aromatic heterocycles. The van der Waals surface area contributed by atoms with Gasteiger partial charge in [0.05, 0.1) is 42.2 Å². The maximum Gasteiger partial charge on any atom is 0.387 e. The standard InChI is InChI=1S/C27H25F3N6O3/c1-13(2)36-12-17(11-32-36)14-5-16(10-31)23-20(6-14)34-35(3)25(23)15-7-21(38-4)24(22(8-15)39-27(29)30)26(37)33-19-9-18(19)28/h5-8,11-13,18-19,27H,9H2,1-4H3,(H,33,37)/t18-,19+/m0/s1. The molecule has 1 amide bonds. The van der Waals surface area contributed by atoms with Gasteiger partial charge in [0.1, 0.15) is 23.2 Å². The van der Waals surface area contributed by atoms with Crippen LogP contribution in [-0.4, -0.2) is 51.4 Å². The van der Waals surface area contributed by atoms with Crippen molar-refractivity contribution in [3.05, 3.63) is 47.8 Å². The van der Waals surface area contributed by atoms with Gasteiger partial charge in [0.15, 0.2) is 0 Å². The van der Waals surface area contributed by atoms with Crippen LogP contribution >= 0.6 is 0 Å². The maximum atomic E-state index is 13.4. The van der Waals surface area contributed by atoms with Gasteiger partial charge in [0.25, 0.3) is 5.91 Å².